The van der Waals surface area contributed by atoms with Crippen LogP contribution in [0.2, 0.25) is 0 Å². The Morgan fingerprint density at radius 1 is 0.895 bits per heavy atom. The quantitative estimate of drug-likeness (QED) is 0.606. The van der Waals surface area contributed by atoms with E-state index in [1.54, 1.807) is 5.56 Å². The van der Waals surface area contributed by atoms with Crippen LogP contribution in [0.5, 0.6) is 0 Å². The van der Waals surface area contributed by atoms with Gasteiger partial charge in [0, 0.05) is 0 Å². The summed E-state index contributed by atoms with van der Waals surface area (Å²) in [5, 5.41) is 0. The summed E-state index contributed by atoms with van der Waals surface area (Å²) >= 11 is 0. The average molecular weight is 258 g/mol. The second kappa shape index (κ2) is 7.72. The van der Waals surface area contributed by atoms with E-state index in [1.807, 2.05) is 0 Å². The van der Waals surface area contributed by atoms with Gasteiger partial charge in [-0.05, 0) is 48.6 Å². The van der Waals surface area contributed by atoms with E-state index >= 15 is 0 Å². The molecule has 1 fully saturated rings. The van der Waals surface area contributed by atoms with E-state index in [2.05, 4.69) is 38.1 Å². The van der Waals surface area contributed by atoms with E-state index in [4.69, 9.17) is 0 Å². The monoisotopic (exact) mass is 258 g/mol. The van der Waals surface area contributed by atoms with Crippen LogP contribution in [0.3, 0.4) is 0 Å². The summed E-state index contributed by atoms with van der Waals surface area (Å²) in [5.41, 5.74) is 3.05. The van der Waals surface area contributed by atoms with Crippen molar-refractivity contribution < 1.29 is 0 Å². The molecule has 0 heteroatoms. The minimum absolute atomic E-state index is 0.981. The Hall–Kier alpha value is -0.780. The molecule has 0 unspecified atom stereocenters. The first-order valence-electron chi connectivity index (χ1n) is 8.35. The maximum absolute atomic E-state index is 2.41. The summed E-state index contributed by atoms with van der Waals surface area (Å²) in [4.78, 5) is 0. The summed E-state index contributed by atoms with van der Waals surface area (Å²) in [6.07, 6.45) is 12.4. The first-order chi connectivity index (χ1) is 9.28. The number of aryl methyl sites for hydroxylation is 2. The molecule has 0 N–H and O–H groups in total. The molecule has 1 aliphatic rings. The minimum atomic E-state index is 0.981. The maximum atomic E-state index is 2.41. The van der Waals surface area contributed by atoms with E-state index in [0.717, 1.165) is 11.8 Å². The largest absolute Gasteiger partial charge is 0.0654 e. The predicted molar refractivity (Wildman–Crippen MR) is 84.5 cm³/mol. The molecule has 0 aromatic heterocycles. The number of unbranched alkanes of at least 4 members (excludes halogenated alkanes) is 1. The van der Waals surface area contributed by atoms with E-state index in [9.17, 15) is 0 Å². The molecule has 106 valence electrons. The van der Waals surface area contributed by atoms with Gasteiger partial charge in [0.2, 0.25) is 0 Å². The Bertz CT molecular complexity index is 341. The van der Waals surface area contributed by atoms with Crippen LogP contribution in [0.15, 0.2) is 24.3 Å². The zero-order chi connectivity index (χ0) is 13.5. The third-order valence-electron chi connectivity index (χ3n) is 4.82. The smallest absolute Gasteiger partial charge is 0.0276 e. The second-order valence-corrected chi connectivity index (χ2v) is 6.58. The van der Waals surface area contributed by atoms with Gasteiger partial charge < -0.3 is 0 Å². The summed E-state index contributed by atoms with van der Waals surface area (Å²) < 4.78 is 0. The minimum Gasteiger partial charge on any atom is -0.0654 e. The van der Waals surface area contributed by atoms with Gasteiger partial charge in [0.25, 0.3) is 0 Å². The summed E-state index contributed by atoms with van der Waals surface area (Å²) in [6.45, 7) is 4.67. The second-order valence-electron chi connectivity index (χ2n) is 6.58. The Morgan fingerprint density at radius 3 is 2.05 bits per heavy atom. The number of hydrogen-bond acceptors (Lipinski definition) is 0. The highest BCUT2D eigenvalue weighted by Gasteiger charge is 2.17. The fraction of sp³-hybridized carbons (Fsp3) is 0.684. The van der Waals surface area contributed by atoms with Crippen molar-refractivity contribution in [3.63, 3.8) is 0 Å². The van der Waals surface area contributed by atoms with Crippen molar-refractivity contribution in [2.24, 2.45) is 11.8 Å². The molecular weight excluding hydrogens is 228 g/mol. The summed E-state index contributed by atoms with van der Waals surface area (Å²) in [7, 11) is 0. The first kappa shape index (κ1) is 14.6. The van der Waals surface area contributed by atoms with Crippen molar-refractivity contribution in [3.05, 3.63) is 35.4 Å². The van der Waals surface area contributed by atoms with E-state index < -0.39 is 0 Å². The molecule has 1 aromatic rings. The summed E-state index contributed by atoms with van der Waals surface area (Å²) in [6, 6.07) is 9.40. The van der Waals surface area contributed by atoms with E-state index in [-0.39, 0.29) is 0 Å². The molecule has 1 saturated carbocycles. The van der Waals surface area contributed by atoms with Gasteiger partial charge in [-0.25, -0.2) is 0 Å². The topological polar surface area (TPSA) is 0 Å². The van der Waals surface area contributed by atoms with E-state index in [0.29, 0.717) is 0 Å². The van der Waals surface area contributed by atoms with Crippen molar-refractivity contribution in [1.82, 2.24) is 0 Å². The molecule has 0 aliphatic heterocycles. The van der Waals surface area contributed by atoms with Gasteiger partial charge in [0.05, 0.1) is 0 Å². The Labute approximate surface area is 119 Å². The lowest BCUT2D eigenvalue weighted by atomic mass is 9.80. The highest BCUT2D eigenvalue weighted by atomic mass is 14.2. The van der Waals surface area contributed by atoms with Crippen molar-refractivity contribution in [3.8, 4) is 0 Å². The van der Waals surface area contributed by atoms with Gasteiger partial charge in [0.15, 0.2) is 0 Å². The van der Waals surface area contributed by atoms with Crippen LogP contribution < -0.4 is 0 Å². The zero-order valence-electron chi connectivity index (χ0n) is 12.8. The van der Waals surface area contributed by atoms with Gasteiger partial charge in [-0.15, -0.1) is 0 Å². The third-order valence-corrected chi connectivity index (χ3v) is 4.82. The van der Waals surface area contributed by atoms with Crippen LogP contribution in [-0.4, -0.2) is 0 Å². The molecule has 19 heavy (non-hydrogen) atoms. The number of rotatable bonds is 6. The average Bonchev–Trinajstić information content (AvgIpc) is 2.46. The van der Waals surface area contributed by atoms with E-state index in [1.165, 1.54) is 63.4 Å². The van der Waals surface area contributed by atoms with Crippen molar-refractivity contribution in [1.29, 1.82) is 0 Å². The first-order valence-corrected chi connectivity index (χ1v) is 8.35. The predicted octanol–water partition coefficient (Wildman–Crippen LogP) is 5.79. The van der Waals surface area contributed by atoms with Gasteiger partial charge >= 0.3 is 0 Å². The SMILES string of the molecule is CCCCc1ccc(CCC2CCC(C)CC2)cc1. The highest BCUT2D eigenvalue weighted by Crippen LogP contribution is 2.31. The zero-order valence-corrected chi connectivity index (χ0v) is 12.8. The molecule has 0 atom stereocenters. The highest BCUT2D eigenvalue weighted by molar-refractivity contribution is 5.22. The summed E-state index contributed by atoms with van der Waals surface area (Å²) in [5.74, 6) is 1.98. The van der Waals surface area contributed by atoms with Crippen LogP contribution in [0.1, 0.15) is 69.9 Å². The van der Waals surface area contributed by atoms with Crippen molar-refractivity contribution in [2.75, 3.05) is 0 Å². The van der Waals surface area contributed by atoms with Crippen LogP contribution in [0.25, 0.3) is 0 Å². The lowest BCUT2D eigenvalue weighted by Crippen LogP contribution is -2.12. The van der Waals surface area contributed by atoms with Gasteiger partial charge in [0.1, 0.15) is 0 Å². The molecular formula is C19H30. The third kappa shape index (κ3) is 5.01. The Balaban J connectivity index is 1.73. The molecule has 2 rings (SSSR count). The van der Waals surface area contributed by atoms with Crippen molar-refractivity contribution in [2.45, 2.75) is 71.6 Å². The van der Waals surface area contributed by atoms with Crippen LogP contribution in [-0.2, 0) is 12.8 Å². The molecule has 0 heterocycles. The molecule has 0 bridgehead atoms. The van der Waals surface area contributed by atoms with Gasteiger partial charge in [-0.1, -0.05) is 70.2 Å². The molecule has 0 nitrogen and oxygen atoms in total. The lowest BCUT2D eigenvalue weighted by Gasteiger charge is -2.26. The molecule has 0 spiro atoms. The normalized spacial score (nSPS) is 23.5. The number of benzene rings is 1. The molecule has 0 amide bonds. The van der Waals surface area contributed by atoms with Crippen LogP contribution in [0, 0.1) is 11.8 Å². The fourth-order valence-corrected chi connectivity index (χ4v) is 3.24. The fourth-order valence-electron chi connectivity index (χ4n) is 3.24. The molecule has 1 aliphatic carbocycles. The Kier molecular flexibility index (Phi) is 5.94. The molecule has 1 aromatic carbocycles. The molecule has 0 saturated heterocycles. The Morgan fingerprint density at radius 2 is 1.47 bits per heavy atom. The van der Waals surface area contributed by atoms with Gasteiger partial charge in [-0.3, -0.25) is 0 Å². The number of hydrogen-bond donors (Lipinski definition) is 0. The van der Waals surface area contributed by atoms with Crippen molar-refractivity contribution >= 4 is 0 Å². The lowest BCUT2D eigenvalue weighted by molar-refractivity contribution is 0.278. The van der Waals surface area contributed by atoms with Gasteiger partial charge in [-0.2, -0.15) is 0 Å². The van der Waals surface area contributed by atoms with Crippen LogP contribution >= 0.6 is 0 Å². The molecule has 0 radical (unpaired) electrons. The standard InChI is InChI=1S/C19H30/c1-3-4-5-17-10-12-19(13-11-17)15-14-18-8-6-16(2)7-9-18/h10-13,16,18H,3-9,14-15H2,1-2H3. The maximum Gasteiger partial charge on any atom is -0.0276 e. The van der Waals surface area contributed by atoms with Crippen LogP contribution in [0.4, 0.5) is 0 Å².